The molecule has 3 rings (SSSR count). The Labute approximate surface area is 160 Å². The van der Waals surface area contributed by atoms with Crippen LogP contribution in [0.2, 0.25) is 0 Å². The van der Waals surface area contributed by atoms with E-state index in [4.69, 9.17) is 14.2 Å². The molecular weight excluding hydrogens is 342 g/mol. The van der Waals surface area contributed by atoms with Crippen molar-refractivity contribution in [2.75, 3.05) is 26.1 Å². The molecule has 5 nitrogen and oxygen atoms in total. The summed E-state index contributed by atoms with van der Waals surface area (Å²) in [6.07, 6.45) is 3.72. The number of amides is 1. The summed E-state index contributed by atoms with van der Waals surface area (Å²) in [6.45, 7) is 2.57. The van der Waals surface area contributed by atoms with Gasteiger partial charge in [0.2, 0.25) is 5.91 Å². The van der Waals surface area contributed by atoms with Crippen LogP contribution in [0.25, 0.3) is 0 Å². The zero-order valence-corrected chi connectivity index (χ0v) is 16.2. The molecule has 0 atom stereocenters. The van der Waals surface area contributed by atoms with Crippen LogP contribution in [-0.2, 0) is 10.2 Å². The Morgan fingerprint density at radius 1 is 1.00 bits per heavy atom. The standard InChI is InChI=1S/C22H27NO4/c1-4-27-18-10-8-17(9-11-18)23-21(24)22(13-5-6-14-22)16-7-12-19(25-2)20(15-16)26-3/h7-12,15H,4-6,13-14H2,1-3H3,(H,23,24). The van der Waals surface area contributed by atoms with Crippen LogP contribution >= 0.6 is 0 Å². The molecule has 1 saturated carbocycles. The van der Waals surface area contributed by atoms with Gasteiger partial charge in [0.15, 0.2) is 11.5 Å². The molecule has 1 amide bonds. The molecule has 5 heteroatoms. The highest BCUT2D eigenvalue weighted by Gasteiger charge is 2.43. The zero-order chi connectivity index (χ0) is 19.3. The number of hydrogen-bond donors (Lipinski definition) is 1. The Morgan fingerprint density at radius 3 is 2.26 bits per heavy atom. The first-order valence-electron chi connectivity index (χ1n) is 9.40. The van der Waals surface area contributed by atoms with Crippen LogP contribution < -0.4 is 19.5 Å². The average Bonchev–Trinajstić information content (AvgIpc) is 3.20. The van der Waals surface area contributed by atoms with E-state index in [2.05, 4.69) is 5.32 Å². The second-order valence-electron chi connectivity index (χ2n) is 6.77. The van der Waals surface area contributed by atoms with E-state index in [0.29, 0.717) is 18.1 Å². The van der Waals surface area contributed by atoms with Gasteiger partial charge in [-0.1, -0.05) is 18.9 Å². The van der Waals surface area contributed by atoms with Crippen LogP contribution in [0.3, 0.4) is 0 Å². The van der Waals surface area contributed by atoms with Gasteiger partial charge in [-0.2, -0.15) is 0 Å². The predicted octanol–water partition coefficient (Wildman–Crippen LogP) is 4.55. The first kappa shape index (κ1) is 19.1. The van der Waals surface area contributed by atoms with Crippen LogP contribution in [0.4, 0.5) is 5.69 Å². The minimum Gasteiger partial charge on any atom is -0.494 e. The number of benzene rings is 2. The number of ether oxygens (including phenoxy) is 3. The second-order valence-corrected chi connectivity index (χ2v) is 6.77. The van der Waals surface area contributed by atoms with Gasteiger partial charge in [-0.25, -0.2) is 0 Å². The van der Waals surface area contributed by atoms with E-state index in [1.165, 1.54) is 0 Å². The number of methoxy groups -OCH3 is 2. The average molecular weight is 369 g/mol. The van der Waals surface area contributed by atoms with Crippen molar-refractivity contribution in [1.29, 1.82) is 0 Å². The van der Waals surface area contributed by atoms with Gasteiger partial charge in [0, 0.05) is 5.69 Å². The third-order valence-corrected chi connectivity index (χ3v) is 5.25. The van der Waals surface area contributed by atoms with Crippen LogP contribution in [0, 0.1) is 0 Å². The summed E-state index contributed by atoms with van der Waals surface area (Å²) < 4.78 is 16.2. The first-order valence-corrected chi connectivity index (χ1v) is 9.40. The fourth-order valence-corrected chi connectivity index (χ4v) is 3.81. The summed E-state index contributed by atoms with van der Waals surface area (Å²) in [5.74, 6) is 2.14. The van der Waals surface area contributed by atoms with Gasteiger partial charge < -0.3 is 19.5 Å². The molecule has 1 fully saturated rings. The van der Waals surface area contributed by atoms with Gasteiger partial charge in [0.25, 0.3) is 0 Å². The molecule has 144 valence electrons. The first-order chi connectivity index (χ1) is 13.1. The fraction of sp³-hybridized carbons (Fsp3) is 0.409. The van der Waals surface area contributed by atoms with Crippen LogP contribution in [-0.4, -0.2) is 26.7 Å². The third-order valence-electron chi connectivity index (χ3n) is 5.25. The number of rotatable bonds is 7. The van der Waals surface area contributed by atoms with E-state index in [9.17, 15) is 4.79 Å². The minimum absolute atomic E-state index is 0.0244. The molecule has 1 aliphatic rings. The molecule has 0 saturated heterocycles. The van der Waals surface area contributed by atoms with E-state index >= 15 is 0 Å². The largest absolute Gasteiger partial charge is 0.494 e. The van der Waals surface area contributed by atoms with Gasteiger partial charge in [-0.3, -0.25) is 4.79 Å². The molecule has 27 heavy (non-hydrogen) atoms. The van der Waals surface area contributed by atoms with Crippen molar-refractivity contribution >= 4 is 11.6 Å². The molecule has 1 N–H and O–H groups in total. The number of carbonyl (C=O) groups excluding carboxylic acids is 1. The Bertz CT molecular complexity index is 779. The molecule has 2 aromatic rings. The molecule has 0 bridgehead atoms. The van der Waals surface area contributed by atoms with Gasteiger partial charge in [0.1, 0.15) is 5.75 Å². The summed E-state index contributed by atoms with van der Waals surface area (Å²) >= 11 is 0. The maximum absolute atomic E-state index is 13.3. The quantitative estimate of drug-likeness (QED) is 0.778. The highest BCUT2D eigenvalue weighted by Crippen LogP contribution is 2.44. The van der Waals surface area contributed by atoms with E-state index in [1.54, 1.807) is 14.2 Å². The smallest absolute Gasteiger partial charge is 0.235 e. The van der Waals surface area contributed by atoms with E-state index in [0.717, 1.165) is 42.7 Å². The lowest BCUT2D eigenvalue weighted by atomic mass is 9.77. The molecule has 2 aromatic carbocycles. The molecule has 0 spiro atoms. The van der Waals surface area contributed by atoms with Gasteiger partial charge in [-0.15, -0.1) is 0 Å². The fourth-order valence-electron chi connectivity index (χ4n) is 3.81. The lowest BCUT2D eigenvalue weighted by Gasteiger charge is -2.29. The van der Waals surface area contributed by atoms with Crippen molar-refractivity contribution in [3.63, 3.8) is 0 Å². The van der Waals surface area contributed by atoms with Gasteiger partial charge in [-0.05, 0) is 61.7 Å². The predicted molar refractivity (Wildman–Crippen MR) is 106 cm³/mol. The maximum atomic E-state index is 13.3. The van der Waals surface area contributed by atoms with Crippen LogP contribution in [0.5, 0.6) is 17.2 Å². The van der Waals surface area contributed by atoms with Crippen LogP contribution in [0.1, 0.15) is 38.2 Å². The van der Waals surface area contributed by atoms with Crippen LogP contribution in [0.15, 0.2) is 42.5 Å². The normalized spacial score (nSPS) is 15.2. The Hall–Kier alpha value is -2.69. The molecule has 1 aliphatic carbocycles. The number of hydrogen-bond acceptors (Lipinski definition) is 4. The molecule has 0 radical (unpaired) electrons. The Kier molecular flexibility index (Phi) is 5.89. The lowest BCUT2D eigenvalue weighted by Crippen LogP contribution is -2.38. The Balaban J connectivity index is 1.86. The molecule has 0 unspecified atom stereocenters. The van der Waals surface area contributed by atoms with Crippen molar-refractivity contribution in [3.8, 4) is 17.2 Å². The molecule has 0 aromatic heterocycles. The van der Waals surface area contributed by atoms with Crippen molar-refractivity contribution in [1.82, 2.24) is 0 Å². The van der Waals surface area contributed by atoms with Gasteiger partial charge in [0.05, 0.1) is 26.2 Å². The molecular formula is C22H27NO4. The summed E-state index contributed by atoms with van der Waals surface area (Å²) in [6, 6.07) is 13.3. The van der Waals surface area contributed by atoms with E-state index < -0.39 is 5.41 Å². The van der Waals surface area contributed by atoms with E-state index in [1.807, 2.05) is 49.4 Å². The lowest BCUT2D eigenvalue weighted by molar-refractivity contribution is -0.121. The van der Waals surface area contributed by atoms with Crippen molar-refractivity contribution < 1.29 is 19.0 Å². The second kappa shape index (κ2) is 8.33. The summed E-state index contributed by atoms with van der Waals surface area (Å²) in [5.41, 5.74) is 1.20. The van der Waals surface area contributed by atoms with Crippen molar-refractivity contribution in [3.05, 3.63) is 48.0 Å². The topological polar surface area (TPSA) is 56.8 Å². The number of anilines is 1. The third kappa shape index (κ3) is 3.87. The van der Waals surface area contributed by atoms with Gasteiger partial charge >= 0.3 is 0 Å². The number of nitrogens with one attached hydrogen (secondary N) is 1. The number of carbonyl (C=O) groups is 1. The Morgan fingerprint density at radius 2 is 1.67 bits per heavy atom. The SMILES string of the molecule is CCOc1ccc(NC(=O)C2(c3ccc(OC)c(OC)c3)CCCC2)cc1. The summed E-state index contributed by atoms with van der Waals surface area (Å²) in [4.78, 5) is 13.3. The monoisotopic (exact) mass is 369 g/mol. The van der Waals surface area contributed by atoms with Crippen molar-refractivity contribution in [2.24, 2.45) is 0 Å². The minimum atomic E-state index is -0.544. The highest BCUT2D eigenvalue weighted by atomic mass is 16.5. The highest BCUT2D eigenvalue weighted by molar-refractivity contribution is 5.99. The zero-order valence-electron chi connectivity index (χ0n) is 16.2. The van der Waals surface area contributed by atoms with E-state index in [-0.39, 0.29) is 5.91 Å². The maximum Gasteiger partial charge on any atom is 0.235 e. The summed E-state index contributed by atoms with van der Waals surface area (Å²) in [5, 5.41) is 3.09. The molecule has 0 heterocycles. The van der Waals surface area contributed by atoms with Crippen molar-refractivity contribution in [2.45, 2.75) is 38.0 Å². The molecule has 0 aliphatic heterocycles. The summed E-state index contributed by atoms with van der Waals surface area (Å²) in [7, 11) is 3.23.